The molecular formula is C15H11ClF2O. The van der Waals surface area contributed by atoms with Gasteiger partial charge in [0.05, 0.1) is 5.02 Å². The summed E-state index contributed by atoms with van der Waals surface area (Å²) in [7, 11) is 0. The Bertz CT molecular complexity index is 621. The highest BCUT2D eigenvalue weighted by Crippen LogP contribution is 2.21. The zero-order valence-corrected chi connectivity index (χ0v) is 11.0. The average molecular weight is 281 g/mol. The molecule has 0 aliphatic carbocycles. The molecule has 2 aromatic rings. The molecule has 0 N–H and O–H groups in total. The molecule has 0 radical (unpaired) electrons. The van der Waals surface area contributed by atoms with Crippen LogP contribution in [0, 0.1) is 18.6 Å². The zero-order chi connectivity index (χ0) is 14.0. The van der Waals surface area contributed by atoms with Crippen LogP contribution in [0.4, 0.5) is 8.78 Å². The molecule has 98 valence electrons. The normalized spacial score (nSPS) is 10.5. The van der Waals surface area contributed by atoms with E-state index in [0.29, 0.717) is 0 Å². The summed E-state index contributed by atoms with van der Waals surface area (Å²) < 4.78 is 26.0. The second-order valence-electron chi connectivity index (χ2n) is 4.33. The summed E-state index contributed by atoms with van der Waals surface area (Å²) in [5.74, 6) is -2.47. The van der Waals surface area contributed by atoms with Crippen LogP contribution in [0.1, 0.15) is 21.5 Å². The minimum absolute atomic E-state index is 0.00106. The van der Waals surface area contributed by atoms with E-state index in [1.807, 2.05) is 31.2 Å². The summed E-state index contributed by atoms with van der Waals surface area (Å²) in [6.45, 7) is 1.94. The fourth-order valence-corrected chi connectivity index (χ4v) is 1.98. The monoisotopic (exact) mass is 280 g/mol. The van der Waals surface area contributed by atoms with Gasteiger partial charge in [0.2, 0.25) is 0 Å². The van der Waals surface area contributed by atoms with Crippen LogP contribution >= 0.6 is 11.6 Å². The lowest BCUT2D eigenvalue weighted by molar-refractivity contribution is 0.0992. The third-order valence-electron chi connectivity index (χ3n) is 2.80. The van der Waals surface area contributed by atoms with E-state index in [-0.39, 0.29) is 22.8 Å². The van der Waals surface area contributed by atoms with Crippen molar-refractivity contribution in [3.05, 3.63) is 69.7 Å². The standard InChI is InChI=1S/C15H11ClF2O/c1-9-2-4-10(5-3-9)6-15(19)11-7-13(17)14(18)8-12(11)16/h2-5,7-8H,6H2,1H3. The molecule has 0 aliphatic rings. The minimum Gasteiger partial charge on any atom is -0.294 e. The molecule has 0 saturated carbocycles. The maximum atomic E-state index is 13.1. The van der Waals surface area contributed by atoms with E-state index in [2.05, 4.69) is 0 Å². The molecule has 0 saturated heterocycles. The fourth-order valence-electron chi connectivity index (χ4n) is 1.72. The molecule has 0 fully saturated rings. The highest BCUT2D eigenvalue weighted by Gasteiger charge is 2.15. The molecule has 1 nitrogen and oxygen atoms in total. The maximum absolute atomic E-state index is 13.1. The van der Waals surface area contributed by atoms with Gasteiger partial charge in [-0.15, -0.1) is 0 Å². The van der Waals surface area contributed by atoms with Crippen LogP contribution < -0.4 is 0 Å². The smallest absolute Gasteiger partial charge is 0.168 e. The first-order valence-corrected chi connectivity index (χ1v) is 6.08. The fraction of sp³-hybridized carbons (Fsp3) is 0.133. The lowest BCUT2D eigenvalue weighted by Crippen LogP contribution is -2.05. The van der Waals surface area contributed by atoms with Gasteiger partial charge in [-0.25, -0.2) is 8.78 Å². The van der Waals surface area contributed by atoms with Crippen LogP contribution in [0.5, 0.6) is 0 Å². The van der Waals surface area contributed by atoms with Crippen molar-refractivity contribution < 1.29 is 13.6 Å². The molecule has 0 bridgehead atoms. The number of carbonyl (C=O) groups excluding carboxylic acids is 1. The van der Waals surface area contributed by atoms with Gasteiger partial charge in [-0.05, 0) is 24.6 Å². The van der Waals surface area contributed by atoms with Crippen molar-refractivity contribution in [1.29, 1.82) is 0 Å². The number of ketones is 1. The summed E-state index contributed by atoms with van der Waals surface area (Å²) >= 11 is 5.76. The number of hydrogen-bond acceptors (Lipinski definition) is 1. The molecule has 0 amide bonds. The molecule has 0 unspecified atom stereocenters. The Kier molecular flexibility index (Phi) is 3.96. The van der Waals surface area contributed by atoms with E-state index in [4.69, 9.17) is 11.6 Å². The number of carbonyl (C=O) groups is 1. The molecule has 0 spiro atoms. The number of halogens is 3. The van der Waals surface area contributed by atoms with Gasteiger partial charge in [0.25, 0.3) is 0 Å². The van der Waals surface area contributed by atoms with Crippen LogP contribution in [0.25, 0.3) is 0 Å². The molecular weight excluding hydrogens is 270 g/mol. The Morgan fingerprint density at radius 3 is 2.32 bits per heavy atom. The predicted molar refractivity (Wildman–Crippen MR) is 70.6 cm³/mol. The van der Waals surface area contributed by atoms with E-state index >= 15 is 0 Å². The molecule has 2 aromatic carbocycles. The quantitative estimate of drug-likeness (QED) is 0.603. The number of aryl methyl sites for hydroxylation is 1. The van der Waals surface area contributed by atoms with Crippen molar-refractivity contribution in [3.8, 4) is 0 Å². The lowest BCUT2D eigenvalue weighted by Gasteiger charge is -2.05. The van der Waals surface area contributed by atoms with Gasteiger partial charge in [-0.3, -0.25) is 4.79 Å². The largest absolute Gasteiger partial charge is 0.294 e. The minimum atomic E-state index is -1.07. The third-order valence-corrected chi connectivity index (χ3v) is 3.11. The zero-order valence-electron chi connectivity index (χ0n) is 10.2. The predicted octanol–water partition coefficient (Wildman–Crippen LogP) is 4.35. The molecule has 0 atom stereocenters. The maximum Gasteiger partial charge on any atom is 0.168 e. The van der Waals surface area contributed by atoms with E-state index in [1.54, 1.807) is 0 Å². The van der Waals surface area contributed by atoms with Crippen LogP contribution in [-0.2, 0) is 6.42 Å². The van der Waals surface area contributed by atoms with Gasteiger partial charge in [0.15, 0.2) is 17.4 Å². The Morgan fingerprint density at radius 1 is 1.11 bits per heavy atom. The van der Waals surface area contributed by atoms with Crippen molar-refractivity contribution in [3.63, 3.8) is 0 Å². The van der Waals surface area contributed by atoms with Crippen LogP contribution in [-0.4, -0.2) is 5.78 Å². The van der Waals surface area contributed by atoms with Gasteiger partial charge in [0.1, 0.15) is 0 Å². The lowest BCUT2D eigenvalue weighted by atomic mass is 10.0. The Hall–Kier alpha value is -1.74. The summed E-state index contributed by atoms with van der Waals surface area (Å²) in [5, 5.41) is -0.0731. The van der Waals surface area contributed by atoms with Crippen molar-refractivity contribution in [1.82, 2.24) is 0 Å². The molecule has 19 heavy (non-hydrogen) atoms. The molecule has 0 aromatic heterocycles. The van der Waals surface area contributed by atoms with Crippen molar-refractivity contribution in [2.45, 2.75) is 13.3 Å². The van der Waals surface area contributed by atoms with E-state index in [9.17, 15) is 13.6 Å². The first kappa shape index (κ1) is 13.7. The number of rotatable bonds is 3. The summed E-state index contributed by atoms with van der Waals surface area (Å²) in [6.07, 6.45) is 0.102. The van der Waals surface area contributed by atoms with Gasteiger partial charge < -0.3 is 0 Å². The second kappa shape index (κ2) is 5.49. The topological polar surface area (TPSA) is 17.1 Å². The first-order chi connectivity index (χ1) is 8.97. The van der Waals surface area contributed by atoms with Crippen molar-refractivity contribution in [2.24, 2.45) is 0 Å². The van der Waals surface area contributed by atoms with Gasteiger partial charge in [0, 0.05) is 12.0 Å². The van der Waals surface area contributed by atoms with Crippen molar-refractivity contribution >= 4 is 17.4 Å². The number of hydrogen-bond donors (Lipinski definition) is 0. The van der Waals surface area contributed by atoms with Gasteiger partial charge in [-0.1, -0.05) is 41.4 Å². The number of benzene rings is 2. The first-order valence-electron chi connectivity index (χ1n) is 5.70. The second-order valence-corrected chi connectivity index (χ2v) is 4.74. The van der Waals surface area contributed by atoms with Crippen molar-refractivity contribution in [2.75, 3.05) is 0 Å². The van der Waals surface area contributed by atoms with E-state index in [1.165, 1.54) is 0 Å². The van der Waals surface area contributed by atoms with Gasteiger partial charge in [-0.2, -0.15) is 0 Å². The molecule has 0 heterocycles. The summed E-state index contributed by atoms with van der Waals surface area (Å²) in [6, 6.07) is 9.07. The molecule has 0 aliphatic heterocycles. The van der Waals surface area contributed by atoms with E-state index < -0.39 is 11.6 Å². The molecule has 2 rings (SSSR count). The van der Waals surface area contributed by atoms with Crippen LogP contribution in [0.15, 0.2) is 36.4 Å². The van der Waals surface area contributed by atoms with Crippen LogP contribution in [0.2, 0.25) is 5.02 Å². The average Bonchev–Trinajstić information content (AvgIpc) is 2.36. The highest BCUT2D eigenvalue weighted by molar-refractivity contribution is 6.34. The van der Waals surface area contributed by atoms with Crippen LogP contribution in [0.3, 0.4) is 0 Å². The van der Waals surface area contributed by atoms with E-state index in [0.717, 1.165) is 23.3 Å². The summed E-state index contributed by atoms with van der Waals surface area (Å²) in [5.41, 5.74) is 1.89. The van der Waals surface area contributed by atoms with Gasteiger partial charge >= 0.3 is 0 Å². The molecule has 4 heteroatoms. The summed E-state index contributed by atoms with van der Waals surface area (Å²) in [4.78, 5) is 12.0. The Morgan fingerprint density at radius 2 is 1.68 bits per heavy atom. The third kappa shape index (κ3) is 3.18. The number of Topliss-reactive ketones (excluding diaryl/α,β-unsaturated/α-hetero) is 1. The Balaban J connectivity index is 2.25. The Labute approximate surface area is 114 Å². The SMILES string of the molecule is Cc1ccc(CC(=O)c2cc(F)c(F)cc2Cl)cc1. The highest BCUT2D eigenvalue weighted by atomic mass is 35.5.